The molecule has 3 aliphatic carbocycles. The lowest BCUT2D eigenvalue weighted by molar-refractivity contribution is -0.181. The van der Waals surface area contributed by atoms with E-state index in [0.29, 0.717) is 30.0 Å². The monoisotopic (exact) mass is 409 g/mol. The molecule has 3 N–H and O–H groups in total. The van der Waals surface area contributed by atoms with Crippen molar-refractivity contribution in [3.05, 3.63) is 29.3 Å². The van der Waals surface area contributed by atoms with Crippen molar-refractivity contribution in [2.24, 2.45) is 5.41 Å². The van der Waals surface area contributed by atoms with Crippen LogP contribution < -0.4 is 20.9 Å². The highest BCUT2D eigenvalue weighted by Gasteiger charge is 2.72. The number of nitrogens with one attached hydrogen (secondary N) is 3. The number of amides is 3. The second kappa shape index (κ2) is 7.16. The van der Waals surface area contributed by atoms with Crippen molar-refractivity contribution in [2.45, 2.75) is 51.2 Å². The lowest BCUT2D eigenvalue weighted by atomic mass is 9.39. The van der Waals surface area contributed by atoms with Gasteiger partial charge in [0.1, 0.15) is 11.4 Å². The van der Waals surface area contributed by atoms with E-state index in [-0.39, 0.29) is 18.1 Å². The van der Waals surface area contributed by atoms with E-state index in [0.717, 1.165) is 0 Å². The second-order valence-corrected chi connectivity index (χ2v) is 8.90. The Hall–Kier alpha value is -2.48. The average Bonchev–Trinajstić information content (AvgIpc) is 2.52. The molecular weight excluding hydrogens is 386 g/mol. The summed E-state index contributed by atoms with van der Waals surface area (Å²) in [4.78, 5) is 36.0. The van der Waals surface area contributed by atoms with Crippen LogP contribution in [0, 0.1) is 5.41 Å². The first-order chi connectivity index (χ1) is 13.0. The van der Waals surface area contributed by atoms with Gasteiger partial charge in [0.2, 0.25) is 5.91 Å². The van der Waals surface area contributed by atoms with Crippen LogP contribution in [0.4, 0.5) is 4.79 Å². The molecule has 0 atom stereocenters. The maximum absolute atomic E-state index is 12.3. The molecule has 4 rings (SSSR count). The van der Waals surface area contributed by atoms with Gasteiger partial charge in [0, 0.05) is 10.6 Å². The largest absolute Gasteiger partial charge is 0.484 e. The molecule has 1 aromatic rings. The van der Waals surface area contributed by atoms with E-state index in [1.807, 2.05) is 0 Å². The zero-order valence-electron chi connectivity index (χ0n) is 16.1. The van der Waals surface area contributed by atoms with Crippen molar-refractivity contribution in [1.29, 1.82) is 0 Å². The Morgan fingerprint density at radius 1 is 1.07 bits per heavy atom. The van der Waals surface area contributed by atoms with Gasteiger partial charge in [0.15, 0.2) is 6.61 Å². The van der Waals surface area contributed by atoms with Gasteiger partial charge in [-0.05, 0) is 64.3 Å². The summed E-state index contributed by atoms with van der Waals surface area (Å²) in [5, 5.41) is 3.42. The molecule has 0 saturated heterocycles. The van der Waals surface area contributed by atoms with Crippen molar-refractivity contribution in [3.8, 4) is 5.75 Å². The van der Waals surface area contributed by atoms with Crippen LogP contribution in [0.3, 0.4) is 0 Å². The van der Waals surface area contributed by atoms with Gasteiger partial charge < -0.3 is 14.8 Å². The minimum absolute atomic E-state index is 0.237. The number of hydrogen-bond acceptors (Lipinski definition) is 5. The summed E-state index contributed by atoms with van der Waals surface area (Å²) in [6, 6.07) is 6.60. The molecule has 0 unspecified atom stereocenters. The van der Waals surface area contributed by atoms with Crippen LogP contribution >= 0.6 is 11.6 Å². The number of hydrogen-bond donors (Lipinski definition) is 3. The molecule has 152 valence electrons. The number of ether oxygens (including phenoxy) is 2. The highest BCUT2D eigenvalue weighted by molar-refractivity contribution is 6.30. The summed E-state index contributed by atoms with van der Waals surface area (Å²) in [5.74, 6) is -0.239. The summed E-state index contributed by atoms with van der Waals surface area (Å²) in [7, 11) is 0. The van der Waals surface area contributed by atoms with Gasteiger partial charge in [-0.1, -0.05) is 11.6 Å². The van der Waals surface area contributed by atoms with Crippen molar-refractivity contribution in [1.82, 2.24) is 16.2 Å². The van der Waals surface area contributed by atoms with Gasteiger partial charge >= 0.3 is 6.09 Å². The van der Waals surface area contributed by atoms with Crippen LogP contribution in [0.25, 0.3) is 0 Å². The first-order valence-electron chi connectivity index (χ1n) is 9.00. The van der Waals surface area contributed by atoms with Gasteiger partial charge in [-0.15, -0.1) is 0 Å². The predicted octanol–water partition coefficient (Wildman–Crippen LogP) is 2.31. The number of benzene rings is 1. The van der Waals surface area contributed by atoms with Crippen LogP contribution in [-0.4, -0.2) is 35.7 Å². The van der Waals surface area contributed by atoms with Gasteiger partial charge in [0.25, 0.3) is 5.91 Å². The van der Waals surface area contributed by atoms with Crippen LogP contribution in [0.15, 0.2) is 24.3 Å². The number of alkyl carbamates (subject to hydrolysis) is 1. The number of hydrazine groups is 1. The average molecular weight is 410 g/mol. The minimum atomic E-state index is -0.568. The molecule has 3 aliphatic rings. The molecule has 0 aromatic heterocycles. The summed E-state index contributed by atoms with van der Waals surface area (Å²) in [5.41, 5.74) is 3.29. The molecule has 8 nitrogen and oxygen atoms in total. The smallest absolute Gasteiger partial charge is 0.408 e. The van der Waals surface area contributed by atoms with E-state index in [1.54, 1.807) is 45.0 Å². The topological polar surface area (TPSA) is 106 Å². The molecule has 0 radical (unpaired) electrons. The Bertz CT molecular complexity index is 768. The van der Waals surface area contributed by atoms with Gasteiger partial charge in [-0.2, -0.15) is 0 Å². The van der Waals surface area contributed by atoms with Crippen LogP contribution in [0.1, 0.15) is 40.0 Å². The fourth-order valence-electron chi connectivity index (χ4n) is 3.66. The second-order valence-electron chi connectivity index (χ2n) is 8.46. The van der Waals surface area contributed by atoms with E-state index in [1.165, 1.54) is 0 Å². The van der Waals surface area contributed by atoms with E-state index in [4.69, 9.17) is 21.1 Å². The molecular formula is C19H24ClN3O5. The van der Waals surface area contributed by atoms with Gasteiger partial charge in [-0.3, -0.25) is 20.4 Å². The summed E-state index contributed by atoms with van der Waals surface area (Å²) >= 11 is 5.78. The molecule has 28 heavy (non-hydrogen) atoms. The van der Waals surface area contributed by atoms with Crippen molar-refractivity contribution >= 4 is 29.5 Å². The third-order valence-electron chi connectivity index (χ3n) is 4.78. The van der Waals surface area contributed by atoms with E-state index in [2.05, 4.69) is 16.2 Å². The molecule has 0 aliphatic heterocycles. The van der Waals surface area contributed by atoms with Gasteiger partial charge in [0.05, 0.1) is 5.41 Å². The molecule has 0 heterocycles. The Balaban J connectivity index is 1.36. The quantitative estimate of drug-likeness (QED) is 0.647. The zero-order chi connectivity index (χ0) is 20.6. The highest BCUT2D eigenvalue weighted by Crippen LogP contribution is 2.67. The fourth-order valence-corrected chi connectivity index (χ4v) is 3.78. The van der Waals surface area contributed by atoms with Crippen molar-refractivity contribution < 1.29 is 23.9 Å². The number of halogens is 1. The molecule has 2 bridgehead atoms. The normalized spacial score (nSPS) is 24.9. The van der Waals surface area contributed by atoms with E-state index >= 15 is 0 Å². The zero-order valence-corrected chi connectivity index (χ0v) is 16.8. The Labute approximate surface area is 168 Å². The summed E-state index contributed by atoms with van der Waals surface area (Å²) in [6.07, 6.45) is 1.11. The Morgan fingerprint density at radius 2 is 1.68 bits per heavy atom. The number of carbonyl (C=O) groups is 3. The summed E-state index contributed by atoms with van der Waals surface area (Å²) in [6.45, 7) is 5.15. The summed E-state index contributed by atoms with van der Waals surface area (Å²) < 4.78 is 10.6. The van der Waals surface area contributed by atoms with E-state index in [9.17, 15) is 14.4 Å². The SMILES string of the molecule is CC(C)(C)OC(=O)NC12CC(C(=O)NNC(=O)COc3ccc(Cl)cc3)(C1)C2. The molecule has 1 aromatic carbocycles. The van der Waals surface area contributed by atoms with Crippen LogP contribution in [-0.2, 0) is 14.3 Å². The standard InChI is InChI=1S/C19H24ClN3O5/c1-17(2,3)28-16(26)21-19-9-18(10-19,11-19)15(25)23-22-14(24)8-27-13-6-4-12(20)5-7-13/h4-7H,8-11H2,1-3H3,(H,21,26)(H,22,24)(H,23,25). The maximum Gasteiger partial charge on any atom is 0.408 e. The van der Waals surface area contributed by atoms with E-state index < -0.39 is 23.0 Å². The molecule has 0 spiro atoms. The molecule has 3 fully saturated rings. The lowest BCUT2D eigenvalue weighted by Crippen LogP contribution is -2.79. The Morgan fingerprint density at radius 3 is 2.25 bits per heavy atom. The number of carbonyl (C=O) groups excluding carboxylic acids is 3. The fraction of sp³-hybridized carbons (Fsp3) is 0.526. The Kier molecular flexibility index (Phi) is 5.18. The first kappa shape index (κ1) is 20.3. The molecule has 9 heteroatoms. The third-order valence-corrected chi connectivity index (χ3v) is 5.03. The maximum atomic E-state index is 12.3. The number of rotatable bonds is 5. The van der Waals surface area contributed by atoms with Crippen LogP contribution in [0.2, 0.25) is 5.02 Å². The van der Waals surface area contributed by atoms with Crippen LogP contribution in [0.5, 0.6) is 5.75 Å². The predicted molar refractivity (Wildman–Crippen MR) is 102 cm³/mol. The van der Waals surface area contributed by atoms with Gasteiger partial charge in [-0.25, -0.2) is 4.79 Å². The van der Waals surface area contributed by atoms with Crippen molar-refractivity contribution in [2.75, 3.05) is 6.61 Å². The molecule has 3 saturated carbocycles. The first-order valence-corrected chi connectivity index (χ1v) is 9.38. The lowest BCUT2D eigenvalue weighted by Gasteiger charge is -2.68. The highest BCUT2D eigenvalue weighted by atomic mass is 35.5. The minimum Gasteiger partial charge on any atom is -0.484 e. The van der Waals surface area contributed by atoms with Crippen molar-refractivity contribution in [3.63, 3.8) is 0 Å². The molecule has 3 amide bonds. The third kappa shape index (κ3) is 4.49.